The van der Waals surface area contributed by atoms with Gasteiger partial charge in [-0.25, -0.2) is 4.98 Å². The van der Waals surface area contributed by atoms with E-state index in [9.17, 15) is 10.1 Å². The normalized spacial score (nSPS) is 19.3. The number of likely N-dealkylation sites (N-methyl/N-ethyl adjacent to an activating group) is 1. The lowest BCUT2D eigenvalue weighted by Gasteiger charge is -2.32. The van der Waals surface area contributed by atoms with Gasteiger partial charge in [0.05, 0.1) is 4.92 Å². The number of likely N-dealkylation sites (tertiary alicyclic amines) is 1. The fraction of sp³-hybridized carbons (Fsp3) is 0.538. The number of nitrogens with zero attached hydrogens (tertiary/aromatic N) is 4. The summed E-state index contributed by atoms with van der Waals surface area (Å²) in [6, 6.07) is 3.45. The highest BCUT2D eigenvalue weighted by molar-refractivity contribution is 5.56. The van der Waals surface area contributed by atoms with Crippen LogP contribution in [0.5, 0.6) is 0 Å². The van der Waals surface area contributed by atoms with E-state index in [1.165, 1.54) is 12.3 Å². The molecular formula is C13H17N5O2. The molecule has 2 rings (SSSR count). The van der Waals surface area contributed by atoms with Gasteiger partial charge in [-0.1, -0.05) is 6.92 Å². The second-order valence-corrected chi connectivity index (χ2v) is 4.84. The minimum atomic E-state index is -0.545. The molecule has 20 heavy (non-hydrogen) atoms. The second-order valence-electron chi connectivity index (χ2n) is 4.84. The highest BCUT2D eigenvalue weighted by Crippen LogP contribution is 2.21. The molecule has 0 radical (unpaired) electrons. The van der Waals surface area contributed by atoms with Crippen molar-refractivity contribution in [2.45, 2.75) is 25.8 Å². The minimum absolute atomic E-state index is 0.161. The van der Waals surface area contributed by atoms with E-state index in [1.54, 1.807) is 0 Å². The standard InChI is InChI=1S/C13H17N5O2/c1-2-17-5-3-4-11(9-17)16-13-10(7-14)6-12(8-15-13)18(19)20/h6,8,11H,2-5,9H2,1H3,(H,15,16). The summed E-state index contributed by atoms with van der Waals surface area (Å²) in [7, 11) is 0. The van der Waals surface area contributed by atoms with E-state index in [4.69, 9.17) is 5.26 Å². The molecule has 7 nitrogen and oxygen atoms in total. The average Bonchev–Trinajstić information content (AvgIpc) is 2.47. The van der Waals surface area contributed by atoms with Crippen LogP contribution in [0.15, 0.2) is 12.3 Å². The van der Waals surface area contributed by atoms with Gasteiger partial charge in [-0.2, -0.15) is 5.26 Å². The summed E-state index contributed by atoms with van der Waals surface area (Å²) in [5.41, 5.74) is 0.0544. The van der Waals surface area contributed by atoms with Crippen LogP contribution in [0.4, 0.5) is 11.5 Å². The molecule has 1 saturated heterocycles. The van der Waals surface area contributed by atoms with Gasteiger partial charge in [-0.15, -0.1) is 0 Å². The lowest BCUT2D eigenvalue weighted by Crippen LogP contribution is -2.42. The van der Waals surface area contributed by atoms with E-state index in [2.05, 4.69) is 22.1 Å². The number of nitrogens with one attached hydrogen (secondary N) is 1. The zero-order valence-electron chi connectivity index (χ0n) is 11.4. The number of nitro groups is 1. The van der Waals surface area contributed by atoms with Crippen molar-refractivity contribution in [1.29, 1.82) is 5.26 Å². The Bertz CT molecular complexity index is 540. The quantitative estimate of drug-likeness (QED) is 0.664. The maximum atomic E-state index is 10.7. The maximum Gasteiger partial charge on any atom is 0.289 e. The van der Waals surface area contributed by atoms with Crippen molar-refractivity contribution >= 4 is 11.5 Å². The van der Waals surface area contributed by atoms with E-state index in [-0.39, 0.29) is 17.3 Å². The van der Waals surface area contributed by atoms with Crippen LogP contribution in [0.2, 0.25) is 0 Å². The SMILES string of the molecule is CCN1CCCC(Nc2ncc([N+](=O)[O-])cc2C#N)C1. The molecule has 0 amide bonds. The molecule has 0 bridgehead atoms. The molecule has 1 N–H and O–H groups in total. The van der Waals surface area contributed by atoms with E-state index in [0.717, 1.165) is 32.5 Å². The number of hydrogen-bond acceptors (Lipinski definition) is 6. The molecule has 7 heteroatoms. The first-order chi connectivity index (χ1) is 9.63. The summed E-state index contributed by atoms with van der Waals surface area (Å²) in [4.78, 5) is 16.5. The molecular weight excluding hydrogens is 258 g/mol. The van der Waals surface area contributed by atoms with Crippen molar-refractivity contribution in [2.24, 2.45) is 0 Å². The molecule has 0 aromatic carbocycles. The van der Waals surface area contributed by atoms with E-state index < -0.39 is 4.92 Å². The summed E-state index contributed by atoms with van der Waals surface area (Å²) < 4.78 is 0. The van der Waals surface area contributed by atoms with E-state index in [0.29, 0.717) is 5.82 Å². The smallest absolute Gasteiger partial charge is 0.289 e. The second kappa shape index (κ2) is 6.30. The summed E-state index contributed by atoms with van der Waals surface area (Å²) in [6.45, 7) is 5.11. The molecule has 0 spiro atoms. The predicted octanol–water partition coefficient (Wildman–Crippen LogP) is 1.76. The Hall–Kier alpha value is -2.20. The number of hydrogen-bond donors (Lipinski definition) is 1. The number of rotatable bonds is 4. The monoisotopic (exact) mass is 275 g/mol. The predicted molar refractivity (Wildman–Crippen MR) is 74.4 cm³/mol. The van der Waals surface area contributed by atoms with Crippen molar-refractivity contribution in [3.63, 3.8) is 0 Å². The number of nitriles is 1. The van der Waals surface area contributed by atoms with Crippen molar-refractivity contribution < 1.29 is 4.92 Å². The van der Waals surface area contributed by atoms with Crippen molar-refractivity contribution in [1.82, 2.24) is 9.88 Å². The van der Waals surface area contributed by atoms with Crippen molar-refractivity contribution in [2.75, 3.05) is 25.0 Å². The van der Waals surface area contributed by atoms with Gasteiger partial charge < -0.3 is 10.2 Å². The number of pyridine rings is 1. The Balaban J connectivity index is 2.13. The molecule has 1 aromatic heterocycles. The summed E-state index contributed by atoms with van der Waals surface area (Å²) in [5, 5.41) is 23.0. The summed E-state index contributed by atoms with van der Waals surface area (Å²) in [6.07, 6.45) is 3.30. The molecule has 0 saturated carbocycles. The zero-order chi connectivity index (χ0) is 14.5. The van der Waals surface area contributed by atoms with Crippen LogP contribution in [-0.4, -0.2) is 40.5 Å². The summed E-state index contributed by atoms with van der Waals surface area (Å²) >= 11 is 0. The molecule has 1 aliphatic heterocycles. The lowest BCUT2D eigenvalue weighted by atomic mass is 10.1. The largest absolute Gasteiger partial charge is 0.365 e. The van der Waals surface area contributed by atoms with Crippen LogP contribution in [0.25, 0.3) is 0 Å². The number of piperidine rings is 1. The Morgan fingerprint density at radius 1 is 1.70 bits per heavy atom. The molecule has 106 valence electrons. The van der Waals surface area contributed by atoms with E-state index in [1.807, 2.05) is 6.07 Å². The van der Waals surface area contributed by atoms with Crippen LogP contribution in [0.1, 0.15) is 25.3 Å². The van der Waals surface area contributed by atoms with Gasteiger partial charge in [0.25, 0.3) is 5.69 Å². The van der Waals surface area contributed by atoms with E-state index >= 15 is 0 Å². The highest BCUT2D eigenvalue weighted by atomic mass is 16.6. The topological polar surface area (TPSA) is 95.1 Å². The number of aromatic nitrogens is 1. The fourth-order valence-corrected chi connectivity index (χ4v) is 2.41. The van der Waals surface area contributed by atoms with Crippen molar-refractivity contribution in [3.05, 3.63) is 27.9 Å². The van der Waals surface area contributed by atoms with Gasteiger partial charge >= 0.3 is 0 Å². The van der Waals surface area contributed by atoms with Gasteiger partial charge in [-0.3, -0.25) is 10.1 Å². The first kappa shape index (κ1) is 14.2. The first-order valence-electron chi connectivity index (χ1n) is 6.67. The van der Waals surface area contributed by atoms with Crippen LogP contribution < -0.4 is 5.32 Å². The van der Waals surface area contributed by atoms with Gasteiger partial charge in [0.2, 0.25) is 0 Å². The molecule has 2 heterocycles. The third kappa shape index (κ3) is 3.22. The molecule has 0 aliphatic carbocycles. The first-order valence-corrected chi connectivity index (χ1v) is 6.67. The van der Waals surface area contributed by atoms with Gasteiger partial charge in [-0.05, 0) is 25.9 Å². The van der Waals surface area contributed by atoms with Crippen LogP contribution in [0, 0.1) is 21.4 Å². The average molecular weight is 275 g/mol. The van der Waals surface area contributed by atoms with Crippen LogP contribution in [-0.2, 0) is 0 Å². The Morgan fingerprint density at radius 3 is 3.15 bits per heavy atom. The lowest BCUT2D eigenvalue weighted by molar-refractivity contribution is -0.385. The van der Waals surface area contributed by atoms with Gasteiger partial charge in [0.1, 0.15) is 23.6 Å². The van der Waals surface area contributed by atoms with Crippen LogP contribution >= 0.6 is 0 Å². The third-order valence-corrected chi connectivity index (χ3v) is 3.50. The van der Waals surface area contributed by atoms with Gasteiger partial charge in [0, 0.05) is 18.7 Å². The Kier molecular flexibility index (Phi) is 4.48. The molecule has 1 unspecified atom stereocenters. The van der Waals surface area contributed by atoms with Crippen molar-refractivity contribution in [3.8, 4) is 6.07 Å². The highest BCUT2D eigenvalue weighted by Gasteiger charge is 2.20. The molecule has 1 aromatic rings. The maximum absolute atomic E-state index is 10.7. The summed E-state index contributed by atoms with van der Waals surface area (Å²) in [5.74, 6) is 0.432. The third-order valence-electron chi connectivity index (χ3n) is 3.50. The van der Waals surface area contributed by atoms with Crippen LogP contribution in [0.3, 0.4) is 0 Å². The Labute approximate surface area is 117 Å². The Morgan fingerprint density at radius 2 is 2.50 bits per heavy atom. The molecule has 1 atom stereocenters. The molecule has 1 aliphatic rings. The molecule has 1 fully saturated rings. The minimum Gasteiger partial charge on any atom is -0.365 e. The zero-order valence-corrected chi connectivity index (χ0v) is 11.4. The number of anilines is 1. The fourth-order valence-electron chi connectivity index (χ4n) is 2.41. The van der Waals surface area contributed by atoms with Gasteiger partial charge in [0.15, 0.2) is 0 Å².